The number of ether oxygens (including phenoxy) is 1. The van der Waals surface area contributed by atoms with E-state index in [0.29, 0.717) is 22.1 Å². The summed E-state index contributed by atoms with van der Waals surface area (Å²) in [6.07, 6.45) is 0. The van der Waals surface area contributed by atoms with Crippen molar-refractivity contribution in [3.8, 4) is 17.0 Å². The first-order chi connectivity index (χ1) is 12.8. The maximum atomic E-state index is 12.7. The number of benzene rings is 1. The van der Waals surface area contributed by atoms with E-state index in [1.807, 2.05) is 39.1 Å². The van der Waals surface area contributed by atoms with Crippen molar-refractivity contribution in [2.75, 3.05) is 12.4 Å². The average Bonchev–Trinajstić information content (AvgIpc) is 3.23. The van der Waals surface area contributed by atoms with Crippen molar-refractivity contribution >= 4 is 22.4 Å². The van der Waals surface area contributed by atoms with Crippen molar-refractivity contribution in [1.29, 1.82) is 0 Å². The van der Waals surface area contributed by atoms with Gasteiger partial charge in [0.2, 0.25) is 0 Å². The van der Waals surface area contributed by atoms with Gasteiger partial charge in [0, 0.05) is 10.9 Å². The highest BCUT2D eigenvalue weighted by Crippen LogP contribution is 2.32. The summed E-state index contributed by atoms with van der Waals surface area (Å²) in [6.45, 7) is 9.71. The maximum absolute atomic E-state index is 12.7. The summed E-state index contributed by atoms with van der Waals surface area (Å²) in [5.41, 5.74) is 5.09. The molecule has 0 saturated heterocycles. The Labute approximate surface area is 162 Å². The number of aromatic nitrogens is 2. The predicted molar refractivity (Wildman–Crippen MR) is 107 cm³/mol. The Morgan fingerprint density at radius 2 is 1.96 bits per heavy atom. The Kier molecular flexibility index (Phi) is 5.32. The fourth-order valence-electron chi connectivity index (χ4n) is 2.96. The third-order valence-electron chi connectivity index (χ3n) is 4.41. The second kappa shape index (κ2) is 7.52. The van der Waals surface area contributed by atoms with Crippen molar-refractivity contribution in [3.63, 3.8) is 0 Å². The Bertz CT molecular complexity index is 989. The van der Waals surface area contributed by atoms with E-state index in [4.69, 9.17) is 9.26 Å². The molecule has 3 aromatic rings. The number of nitrogens with zero attached hydrogens (tertiary/aromatic N) is 2. The molecular weight excluding hydrogens is 362 g/mol. The molecule has 0 bridgehead atoms. The van der Waals surface area contributed by atoms with Gasteiger partial charge in [-0.25, -0.2) is 4.98 Å². The molecule has 27 heavy (non-hydrogen) atoms. The second-order valence-corrected chi connectivity index (χ2v) is 7.64. The van der Waals surface area contributed by atoms with Crippen LogP contribution in [0.4, 0.5) is 5.13 Å². The molecule has 0 unspecified atom stereocenters. The first kappa shape index (κ1) is 19.1. The fraction of sp³-hybridized carbons (Fsp3) is 0.350. The maximum Gasteiger partial charge on any atom is 0.262 e. The summed E-state index contributed by atoms with van der Waals surface area (Å²) in [5.74, 6) is 1.21. The van der Waals surface area contributed by atoms with Gasteiger partial charge < -0.3 is 9.26 Å². The lowest BCUT2D eigenvalue weighted by Crippen LogP contribution is -2.14. The van der Waals surface area contributed by atoms with Gasteiger partial charge in [0.05, 0.1) is 18.5 Å². The molecule has 0 fully saturated rings. The van der Waals surface area contributed by atoms with E-state index < -0.39 is 0 Å². The van der Waals surface area contributed by atoms with Crippen molar-refractivity contribution in [3.05, 3.63) is 45.7 Å². The summed E-state index contributed by atoms with van der Waals surface area (Å²) < 4.78 is 10.6. The number of aryl methyl sites for hydroxylation is 3. The zero-order chi connectivity index (χ0) is 19.7. The molecule has 1 aromatic carbocycles. The minimum atomic E-state index is -0.249. The molecule has 2 heterocycles. The summed E-state index contributed by atoms with van der Waals surface area (Å²) in [7, 11) is 1.66. The van der Waals surface area contributed by atoms with Crippen LogP contribution in [0.1, 0.15) is 52.7 Å². The number of rotatable bonds is 5. The molecule has 3 rings (SSSR count). The molecule has 1 amide bonds. The minimum absolute atomic E-state index is 0.0972. The number of amides is 1. The Balaban J connectivity index is 1.86. The third-order valence-corrected chi connectivity index (χ3v) is 5.16. The molecule has 2 aromatic heterocycles. The highest BCUT2D eigenvalue weighted by Gasteiger charge is 2.23. The molecule has 0 radical (unpaired) electrons. The molecular formula is C20H23N3O3S. The highest BCUT2D eigenvalue weighted by atomic mass is 32.1. The Morgan fingerprint density at radius 1 is 1.22 bits per heavy atom. The average molecular weight is 385 g/mol. The lowest BCUT2D eigenvalue weighted by atomic mass is 10.0. The zero-order valence-electron chi connectivity index (χ0n) is 16.3. The van der Waals surface area contributed by atoms with E-state index in [2.05, 4.69) is 21.5 Å². The smallest absolute Gasteiger partial charge is 0.262 e. The van der Waals surface area contributed by atoms with Crippen LogP contribution in [0.25, 0.3) is 11.3 Å². The van der Waals surface area contributed by atoms with Crippen LogP contribution >= 0.6 is 11.3 Å². The monoisotopic (exact) mass is 385 g/mol. The van der Waals surface area contributed by atoms with E-state index in [1.54, 1.807) is 14.0 Å². The van der Waals surface area contributed by atoms with Gasteiger partial charge in [0.1, 0.15) is 17.1 Å². The van der Waals surface area contributed by atoms with E-state index in [9.17, 15) is 4.79 Å². The van der Waals surface area contributed by atoms with Crippen LogP contribution in [-0.4, -0.2) is 23.2 Å². The third kappa shape index (κ3) is 3.73. The van der Waals surface area contributed by atoms with Gasteiger partial charge in [-0.2, -0.15) is 0 Å². The molecule has 0 saturated carbocycles. The number of nitrogens with one attached hydrogen (secondary N) is 1. The first-order valence-electron chi connectivity index (χ1n) is 8.70. The number of methoxy groups -OCH3 is 1. The summed E-state index contributed by atoms with van der Waals surface area (Å²) >= 11 is 1.39. The van der Waals surface area contributed by atoms with Crippen LogP contribution in [0, 0.1) is 20.8 Å². The van der Waals surface area contributed by atoms with Crippen LogP contribution in [0.2, 0.25) is 0 Å². The van der Waals surface area contributed by atoms with Crippen LogP contribution < -0.4 is 10.1 Å². The molecule has 6 nitrogen and oxygen atoms in total. The lowest BCUT2D eigenvalue weighted by Gasteiger charge is -2.09. The predicted octanol–water partition coefficient (Wildman–Crippen LogP) is 5.11. The molecule has 0 aliphatic carbocycles. The summed E-state index contributed by atoms with van der Waals surface area (Å²) in [4.78, 5) is 17.3. The molecule has 0 spiro atoms. The number of carbonyl (C=O) groups is 1. The quantitative estimate of drug-likeness (QED) is 0.660. The Hall–Kier alpha value is -2.67. The van der Waals surface area contributed by atoms with E-state index in [-0.39, 0.29) is 11.8 Å². The number of hydrogen-bond acceptors (Lipinski definition) is 6. The van der Waals surface area contributed by atoms with E-state index in [0.717, 1.165) is 28.1 Å². The molecule has 0 aliphatic rings. The van der Waals surface area contributed by atoms with Crippen molar-refractivity contribution in [1.82, 2.24) is 10.1 Å². The standard InChI is InChI=1S/C20H23N3O3S/c1-10(2)18-17(13(5)26-23-18)19(24)22-20-21-15(9-27-20)14-7-12(4)16(25-6)8-11(14)3/h7-10H,1-6H3,(H,21,22,24). The number of carbonyl (C=O) groups excluding carboxylic acids is 1. The number of thiazole rings is 1. The summed E-state index contributed by atoms with van der Waals surface area (Å²) in [5, 5.41) is 9.35. The van der Waals surface area contributed by atoms with Crippen LogP contribution in [0.5, 0.6) is 5.75 Å². The molecule has 0 atom stereocenters. The van der Waals surface area contributed by atoms with Crippen LogP contribution in [0.15, 0.2) is 22.0 Å². The van der Waals surface area contributed by atoms with Crippen LogP contribution in [0.3, 0.4) is 0 Å². The van der Waals surface area contributed by atoms with Gasteiger partial charge in [0.15, 0.2) is 5.13 Å². The van der Waals surface area contributed by atoms with E-state index in [1.165, 1.54) is 11.3 Å². The summed E-state index contributed by atoms with van der Waals surface area (Å²) in [6, 6.07) is 4.05. The minimum Gasteiger partial charge on any atom is -0.496 e. The fourth-order valence-corrected chi connectivity index (χ4v) is 3.67. The second-order valence-electron chi connectivity index (χ2n) is 6.78. The topological polar surface area (TPSA) is 77.2 Å². The van der Waals surface area contributed by atoms with Gasteiger partial charge in [-0.15, -0.1) is 11.3 Å². The molecule has 0 aliphatic heterocycles. The highest BCUT2D eigenvalue weighted by molar-refractivity contribution is 7.14. The number of hydrogen-bond donors (Lipinski definition) is 1. The van der Waals surface area contributed by atoms with Crippen molar-refractivity contribution < 1.29 is 14.1 Å². The first-order valence-corrected chi connectivity index (χ1v) is 9.58. The van der Waals surface area contributed by atoms with Crippen molar-refractivity contribution in [2.24, 2.45) is 0 Å². The van der Waals surface area contributed by atoms with Crippen LogP contribution in [-0.2, 0) is 0 Å². The zero-order valence-corrected chi connectivity index (χ0v) is 17.2. The molecule has 142 valence electrons. The van der Waals surface area contributed by atoms with Gasteiger partial charge >= 0.3 is 0 Å². The number of anilines is 1. The van der Waals surface area contributed by atoms with E-state index >= 15 is 0 Å². The van der Waals surface area contributed by atoms with Gasteiger partial charge in [-0.05, 0) is 49.9 Å². The normalized spacial score (nSPS) is 11.1. The Morgan fingerprint density at radius 3 is 2.63 bits per heavy atom. The molecule has 7 heteroatoms. The van der Waals surface area contributed by atoms with Crippen molar-refractivity contribution in [2.45, 2.75) is 40.5 Å². The largest absolute Gasteiger partial charge is 0.496 e. The SMILES string of the molecule is COc1cc(C)c(-c2csc(NC(=O)c3c(C(C)C)noc3C)n2)cc1C. The molecule has 1 N–H and O–H groups in total. The van der Waals surface area contributed by atoms with Gasteiger partial charge in [0.25, 0.3) is 5.91 Å². The van der Waals surface area contributed by atoms with Gasteiger partial charge in [-0.1, -0.05) is 19.0 Å². The van der Waals surface area contributed by atoms with Gasteiger partial charge in [-0.3, -0.25) is 10.1 Å². The lowest BCUT2D eigenvalue weighted by molar-refractivity contribution is 0.102.